The molecule has 1 N–H and O–H groups in total. The molecule has 1 atom stereocenters. The molecule has 1 unspecified atom stereocenters. The predicted octanol–water partition coefficient (Wildman–Crippen LogP) is 2.16. The van der Waals surface area contributed by atoms with Crippen molar-refractivity contribution in [2.75, 3.05) is 13.7 Å². The Morgan fingerprint density at radius 1 is 1.57 bits per heavy atom. The Bertz CT molecular complexity index is 351. The minimum atomic E-state index is -0.508. The minimum Gasteiger partial charge on any atom is -0.497 e. The second-order valence-corrected chi connectivity index (χ2v) is 3.59. The smallest absolute Gasteiger partial charge is 0.143 e. The second kappa shape index (κ2) is 3.67. The summed E-state index contributed by atoms with van der Waals surface area (Å²) >= 11 is 5.98. The lowest BCUT2D eigenvalue weighted by molar-refractivity contribution is 0.115. The highest BCUT2D eigenvalue weighted by Crippen LogP contribution is 2.40. The predicted molar refractivity (Wildman–Crippen MR) is 53.1 cm³/mol. The zero-order valence-electron chi connectivity index (χ0n) is 7.79. The van der Waals surface area contributed by atoms with Gasteiger partial charge in [-0.1, -0.05) is 11.6 Å². The van der Waals surface area contributed by atoms with E-state index in [0.29, 0.717) is 35.1 Å². The van der Waals surface area contributed by atoms with E-state index in [1.165, 1.54) is 0 Å². The molecular formula is C10H11ClO3. The van der Waals surface area contributed by atoms with Gasteiger partial charge in [-0.2, -0.15) is 0 Å². The maximum absolute atomic E-state index is 9.71. The van der Waals surface area contributed by atoms with Gasteiger partial charge in [0.2, 0.25) is 0 Å². The van der Waals surface area contributed by atoms with Crippen molar-refractivity contribution < 1.29 is 14.6 Å². The molecule has 1 aliphatic heterocycles. The average Bonchev–Trinajstić information content (AvgIpc) is 2.19. The number of methoxy groups -OCH3 is 1. The van der Waals surface area contributed by atoms with Crippen molar-refractivity contribution >= 4 is 11.6 Å². The Morgan fingerprint density at radius 2 is 2.36 bits per heavy atom. The number of benzene rings is 1. The quantitative estimate of drug-likeness (QED) is 0.779. The van der Waals surface area contributed by atoms with Crippen molar-refractivity contribution in [3.8, 4) is 11.5 Å². The molecule has 4 heteroatoms. The standard InChI is InChI=1S/C10H11ClO3/c1-13-6-4-7-9(12)2-3-14-10(7)8(11)5-6/h4-5,9,12H,2-3H2,1H3. The Morgan fingerprint density at radius 3 is 3.07 bits per heavy atom. The van der Waals surface area contributed by atoms with E-state index in [2.05, 4.69) is 0 Å². The number of aliphatic hydroxyl groups excluding tert-OH is 1. The normalized spacial score (nSPS) is 19.8. The third-order valence-electron chi connectivity index (χ3n) is 2.28. The SMILES string of the molecule is COc1cc(Cl)c2c(c1)C(O)CCO2. The van der Waals surface area contributed by atoms with Crippen LogP contribution in [0.2, 0.25) is 5.02 Å². The average molecular weight is 215 g/mol. The third-order valence-corrected chi connectivity index (χ3v) is 2.56. The lowest BCUT2D eigenvalue weighted by Crippen LogP contribution is -2.14. The summed E-state index contributed by atoms with van der Waals surface area (Å²) in [6.07, 6.45) is 0.0857. The number of rotatable bonds is 1. The highest BCUT2D eigenvalue weighted by molar-refractivity contribution is 6.32. The van der Waals surface area contributed by atoms with Gasteiger partial charge in [-0.15, -0.1) is 0 Å². The Hall–Kier alpha value is -0.930. The van der Waals surface area contributed by atoms with E-state index in [9.17, 15) is 5.11 Å². The van der Waals surface area contributed by atoms with Crippen LogP contribution >= 0.6 is 11.6 Å². The first-order valence-corrected chi connectivity index (χ1v) is 4.78. The Labute approximate surface area is 87.2 Å². The van der Waals surface area contributed by atoms with Gasteiger partial charge in [0.25, 0.3) is 0 Å². The van der Waals surface area contributed by atoms with E-state index >= 15 is 0 Å². The molecule has 0 aromatic heterocycles. The van der Waals surface area contributed by atoms with Gasteiger partial charge in [0.05, 0.1) is 24.8 Å². The summed E-state index contributed by atoms with van der Waals surface area (Å²) in [5.74, 6) is 1.21. The summed E-state index contributed by atoms with van der Waals surface area (Å²) in [4.78, 5) is 0. The third kappa shape index (κ3) is 1.53. The van der Waals surface area contributed by atoms with Gasteiger partial charge in [0, 0.05) is 18.1 Å². The van der Waals surface area contributed by atoms with Crippen LogP contribution in [0.1, 0.15) is 18.1 Å². The van der Waals surface area contributed by atoms with Gasteiger partial charge >= 0.3 is 0 Å². The fourth-order valence-corrected chi connectivity index (χ4v) is 1.81. The van der Waals surface area contributed by atoms with Gasteiger partial charge in [-0.05, 0) is 6.07 Å². The first-order valence-electron chi connectivity index (χ1n) is 4.40. The Kier molecular flexibility index (Phi) is 2.52. The van der Waals surface area contributed by atoms with Crippen molar-refractivity contribution in [1.29, 1.82) is 0 Å². The first kappa shape index (κ1) is 9.62. The van der Waals surface area contributed by atoms with Gasteiger partial charge in [-0.3, -0.25) is 0 Å². The molecule has 76 valence electrons. The summed E-state index contributed by atoms with van der Waals surface area (Å²) in [6.45, 7) is 0.500. The minimum absolute atomic E-state index is 0.484. The number of hydrogen-bond acceptors (Lipinski definition) is 3. The highest BCUT2D eigenvalue weighted by Gasteiger charge is 2.22. The molecule has 1 aromatic carbocycles. The van der Waals surface area contributed by atoms with E-state index in [1.54, 1.807) is 19.2 Å². The lowest BCUT2D eigenvalue weighted by Gasteiger charge is -2.23. The summed E-state index contributed by atoms with van der Waals surface area (Å²) < 4.78 is 10.4. The summed E-state index contributed by atoms with van der Waals surface area (Å²) in [7, 11) is 1.56. The largest absolute Gasteiger partial charge is 0.497 e. The molecule has 0 bridgehead atoms. The van der Waals surface area contributed by atoms with Crippen LogP contribution in [0.3, 0.4) is 0 Å². The van der Waals surface area contributed by atoms with E-state index in [-0.39, 0.29) is 0 Å². The first-order chi connectivity index (χ1) is 6.72. The molecule has 0 fully saturated rings. The maximum Gasteiger partial charge on any atom is 0.143 e. The molecule has 0 saturated carbocycles. The maximum atomic E-state index is 9.71. The van der Waals surface area contributed by atoms with Crippen molar-refractivity contribution in [3.63, 3.8) is 0 Å². The van der Waals surface area contributed by atoms with Gasteiger partial charge in [-0.25, -0.2) is 0 Å². The molecular weight excluding hydrogens is 204 g/mol. The van der Waals surface area contributed by atoms with Crippen LogP contribution in [0.4, 0.5) is 0 Å². The molecule has 0 saturated heterocycles. The highest BCUT2D eigenvalue weighted by atomic mass is 35.5. The molecule has 0 spiro atoms. The topological polar surface area (TPSA) is 38.7 Å². The van der Waals surface area contributed by atoms with Crippen LogP contribution in [-0.2, 0) is 0 Å². The van der Waals surface area contributed by atoms with Crippen LogP contribution in [0, 0.1) is 0 Å². The lowest BCUT2D eigenvalue weighted by atomic mass is 10.0. The van der Waals surface area contributed by atoms with Crippen LogP contribution < -0.4 is 9.47 Å². The van der Waals surface area contributed by atoms with E-state index < -0.39 is 6.10 Å². The van der Waals surface area contributed by atoms with E-state index in [1.807, 2.05) is 0 Å². The van der Waals surface area contributed by atoms with Gasteiger partial charge in [0.1, 0.15) is 11.5 Å². The van der Waals surface area contributed by atoms with Crippen molar-refractivity contribution in [3.05, 3.63) is 22.7 Å². The number of halogens is 1. The van der Waals surface area contributed by atoms with Crippen molar-refractivity contribution in [2.45, 2.75) is 12.5 Å². The number of hydrogen-bond donors (Lipinski definition) is 1. The van der Waals surface area contributed by atoms with Crippen molar-refractivity contribution in [1.82, 2.24) is 0 Å². The summed E-state index contributed by atoms with van der Waals surface area (Å²) in [6, 6.07) is 3.43. The molecule has 1 aromatic rings. The number of fused-ring (bicyclic) bond motifs is 1. The molecule has 3 nitrogen and oxygen atoms in total. The second-order valence-electron chi connectivity index (χ2n) is 3.18. The zero-order chi connectivity index (χ0) is 10.1. The van der Waals surface area contributed by atoms with Crippen LogP contribution in [0.15, 0.2) is 12.1 Å². The van der Waals surface area contributed by atoms with Crippen LogP contribution in [0.25, 0.3) is 0 Å². The van der Waals surface area contributed by atoms with E-state index in [4.69, 9.17) is 21.1 Å². The molecule has 0 amide bonds. The van der Waals surface area contributed by atoms with Crippen LogP contribution in [-0.4, -0.2) is 18.8 Å². The number of ether oxygens (including phenoxy) is 2. The molecule has 0 aliphatic carbocycles. The van der Waals surface area contributed by atoms with Gasteiger partial charge in [0.15, 0.2) is 0 Å². The Balaban J connectivity index is 2.51. The monoisotopic (exact) mass is 214 g/mol. The molecule has 14 heavy (non-hydrogen) atoms. The molecule has 2 rings (SSSR count). The summed E-state index contributed by atoms with van der Waals surface area (Å²) in [5.41, 5.74) is 0.709. The molecule has 0 radical (unpaired) electrons. The fraction of sp³-hybridized carbons (Fsp3) is 0.400. The molecule has 1 heterocycles. The van der Waals surface area contributed by atoms with Crippen molar-refractivity contribution in [2.24, 2.45) is 0 Å². The van der Waals surface area contributed by atoms with Crippen LogP contribution in [0.5, 0.6) is 11.5 Å². The summed E-state index contributed by atoms with van der Waals surface area (Å²) in [5, 5.41) is 10.2. The molecule has 1 aliphatic rings. The van der Waals surface area contributed by atoms with E-state index in [0.717, 1.165) is 0 Å². The number of aliphatic hydroxyl groups is 1. The van der Waals surface area contributed by atoms with Gasteiger partial charge < -0.3 is 14.6 Å². The fourth-order valence-electron chi connectivity index (χ4n) is 1.53. The zero-order valence-corrected chi connectivity index (χ0v) is 8.54.